The summed E-state index contributed by atoms with van der Waals surface area (Å²) in [7, 11) is 0. The van der Waals surface area contributed by atoms with Gasteiger partial charge in [0, 0.05) is 38.8 Å². The van der Waals surface area contributed by atoms with Crippen LogP contribution in [0.5, 0.6) is 0 Å². The summed E-state index contributed by atoms with van der Waals surface area (Å²) in [6.07, 6.45) is -3.54. The molecular formula is C14H17F3N6O. The van der Waals surface area contributed by atoms with E-state index in [4.69, 9.17) is 4.74 Å². The lowest BCUT2D eigenvalue weighted by Crippen LogP contribution is -2.50. The van der Waals surface area contributed by atoms with Gasteiger partial charge in [-0.1, -0.05) is 0 Å². The van der Waals surface area contributed by atoms with Crippen molar-refractivity contribution < 1.29 is 17.9 Å². The molecule has 2 fully saturated rings. The van der Waals surface area contributed by atoms with E-state index in [0.717, 1.165) is 50.3 Å². The molecule has 4 rings (SSSR count). The van der Waals surface area contributed by atoms with Crippen molar-refractivity contribution in [3.63, 3.8) is 0 Å². The van der Waals surface area contributed by atoms with Gasteiger partial charge in [0.1, 0.15) is 5.82 Å². The fourth-order valence-corrected chi connectivity index (χ4v) is 3.25. The minimum atomic E-state index is -4.58. The van der Waals surface area contributed by atoms with E-state index in [2.05, 4.69) is 20.2 Å². The number of hydrogen-bond acceptors (Lipinski definition) is 6. The maximum Gasteiger partial charge on any atom is 0.453 e. The Hall–Kier alpha value is -1.94. The van der Waals surface area contributed by atoms with E-state index < -0.39 is 12.0 Å². The summed E-state index contributed by atoms with van der Waals surface area (Å²) >= 11 is 0. The van der Waals surface area contributed by atoms with Gasteiger partial charge in [0.15, 0.2) is 5.65 Å². The largest absolute Gasteiger partial charge is 0.453 e. The summed E-state index contributed by atoms with van der Waals surface area (Å²) in [6, 6.07) is 3.66. The number of ether oxygens (including phenoxy) is 1. The fraction of sp³-hybridized carbons (Fsp3) is 0.643. The Morgan fingerprint density at radius 3 is 2.54 bits per heavy atom. The standard InChI is InChI=1S/C14H17F3N6O/c15-14(16,17)13-19-18-11-1-2-12(20-23(11)13)22-6-4-21(5-7-22)10-3-8-24-9-10/h1-2,10H,3-9H2/t10-/m1/s1. The van der Waals surface area contributed by atoms with Crippen LogP contribution in [0.4, 0.5) is 19.0 Å². The summed E-state index contributed by atoms with van der Waals surface area (Å²) in [5.74, 6) is -0.587. The Kier molecular flexibility index (Phi) is 3.80. The molecule has 0 radical (unpaired) electrons. The van der Waals surface area contributed by atoms with Crippen molar-refractivity contribution in [3.8, 4) is 0 Å². The van der Waals surface area contributed by atoms with Crippen LogP contribution < -0.4 is 4.90 Å². The van der Waals surface area contributed by atoms with Crippen molar-refractivity contribution in [2.45, 2.75) is 18.6 Å². The van der Waals surface area contributed by atoms with Crippen molar-refractivity contribution in [1.29, 1.82) is 0 Å². The first-order chi connectivity index (χ1) is 11.5. The average Bonchev–Trinajstić information content (AvgIpc) is 3.23. The third-order valence-corrected chi connectivity index (χ3v) is 4.56. The highest BCUT2D eigenvalue weighted by molar-refractivity contribution is 5.46. The number of alkyl halides is 3. The molecule has 0 aromatic carbocycles. The zero-order chi connectivity index (χ0) is 16.7. The molecule has 0 saturated carbocycles. The number of fused-ring (bicyclic) bond motifs is 1. The number of nitrogens with zero attached hydrogens (tertiary/aromatic N) is 6. The first-order valence-corrected chi connectivity index (χ1v) is 7.89. The minimum Gasteiger partial charge on any atom is -0.380 e. The molecule has 0 spiro atoms. The van der Waals surface area contributed by atoms with Crippen LogP contribution in [0.1, 0.15) is 12.2 Å². The Morgan fingerprint density at radius 2 is 1.88 bits per heavy atom. The topological polar surface area (TPSA) is 58.8 Å². The third kappa shape index (κ3) is 2.80. The Morgan fingerprint density at radius 1 is 1.08 bits per heavy atom. The van der Waals surface area contributed by atoms with Gasteiger partial charge in [0.25, 0.3) is 5.82 Å². The van der Waals surface area contributed by atoms with Crippen LogP contribution in [-0.4, -0.2) is 70.1 Å². The summed E-state index contributed by atoms with van der Waals surface area (Å²) in [5, 5.41) is 10.8. The monoisotopic (exact) mass is 342 g/mol. The highest BCUT2D eigenvalue weighted by atomic mass is 19.4. The molecule has 2 aliphatic rings. The van der Waals surface area contributed by atoms with E-state index in [1.165, 1.54) is 6.07 Å². The minimum absolute atomic E-state index is 0.0906. The van der Waals surface area contributed by atoms with Crippen LogP contribution in [-0.2, 0) is 10.9 Å². The van der Waals surface area contributed by atoms with Gasteiger partial charge in [-0.2, -0.15) is 17.7 Å². The molecule has 24 heavy (non-hydrogen) atoms. The first kappa shape index (κ1) is 15.6. The van der Waals surface area contributed by atoms with Gasteiger partial charge < -0.3 is 9.64 Å². The summed E-state index contributed by atoms with van der Waals surface area (Å²) in [6.45, 7) is 4.71. The van der Waals surface area contributed by atoms with Gasteiger partial charge in [0.2, 0.25) is 0 Å². The molecule has 0 unspecified atom stereocenters. The molecule has 7 nitrogen and oxygen atoms in total. The highest BCUT2D eigenvalue weighted by Crippen LogP contribution is 2.28. The maximum absolute atomic E-state index is 13.0. The van der Waals surface area contributed by atoms with Crippen molar-refractivity contribution in [2.75, 3.05) is 44.3 Å². The van der Waals surface area contributed by atoms with Gasteiger partial charge in [-0.15, -0.1) is 15.3 Å². The molecule has 2 aromatic rings. The lowest BCUT2D eigenvalue weighted by Gasteiger charge is -2.37. The number of piperazine rings is 1. The number of aromatic nitrogens is 4. The first-order valence-electron chi connectivity index (χ1n) is 7.89. The van der Waals surface area contributed by atoms with E-state index in [0.29, 0.717) is 11.9 Å². The van der Waals surface area contributed by atoms with Crippen LogP contribution in [0.25, 0.3) is 5.65 Å². The molecule has 2 saturated heterocycles. The molecule has 10 heteroatoms. The van der Waals surface area contributed by atoms with Gasteiger partial charge in [0.05, 0.1) is 6.61 Å². The predicted octanol–water partition coefficient (Wildman–Crippen LogP) is 1.05. The van der Waals surface area contributed by atoms with Crippen molar-refractivity contribution >= 4 is 11.5 Å². The zero-order valence-corrected chi connectivity index (χ0v) is 12.9. The lowest BCUT2D eigenvalue weighted by atomic mass is 10.2. The average molecular weight is 342 g/mol. The smallest absolute Gasteiger partial charge is 0.380 e. The number of hydrogen-bond donors (Lipinski definition) is 0. The maximum atomic E-state index is 13.0. The van der Waals surface area contributed by atoms with Crippen LogP contribution in [0.15, 0.2) is 12.1 Å². The number of rotatable bonds is 2. The SMILES string of the molecule is FC(F)(F)c1nnc2ccc(N3CCN([C@@H]4CCOC4)CC3)nn12. The van der Waals surface area contributed by atoms with Crippen LogP contribution in [0, 0.1) is 0 Å². The van der Waals surface area contributed by atoms with Crippen molar-refractivity contribution in [3.05, 3.63) is 18.0 Å². The molecule has 0 N–H and O–H groups in total. The summed E-state index contributed by atoms with van der Waals surface area (Å²) in [4.78, 5) is 4.37. The second-order valence-corrected chi connectivity index (χ2v) is 6.02. The molecule has 0 amide bonds. The molecule has 2 aromatic heterocycles. The molecule has 0 aliphatic carbocycles. The van der Waals surface area contributed by atoms with E-state index in [-0.39, 0.29) is 5.65 Å². The summed E-state index contributed by atoms with van der Waals surface area (Å²) < 4.78 is 45.0. The van der Waals surface area contributed by atoms with Crippen LogP contribution in [0.2, 0.25) is 0 Å². The molecule has 4 heterocycles. The van der Waals surface area contributed by atoms with Crippen LogP contribution >= 0.6 is 0 Å². The van der Waals surface area contributed by atoms with Gasteiger partial charge >= 0.3 is 6.18 Å². The normalized spacial score (nSPS) is 23.3. The second kappa shape index (κ2) is 5.85. The molecule has 1 atom stereocenters. The van der Waals surface area contributed by atoms with E-state index in [1.807, 2.05) is 4.90 Å². The Balaban J connectivity index is 1.52. The van der Waals surface area contributed by atoms with Crippen LogP contribution in [0.3, 0.4) is 0 Å². The Bertz CT molecular complexity index is 719. The van der Waals surface area contributed by atoms with Gasteiger partial charge in [-0.25, -0.2) is 0 Å². The quantitative estimate of drug-likeness (QED) is 0.813. The summed E-state index contributed by atoms with van der Waals surface area (Å²) in [5.41, 5.74) is 0.0906. The van der Waals surface area contributed by atoms with Crippen molar-refractivity contribution in [2.24, 2.45) is 0 Å². The third-order valence-electron chi connectivity index (χ3n) is 4.56. The van der Waals surface area contributed by atoms with Crippen molar-refractivity contribution in [1.82, 2.24) is 24.7 Å². The van der Waals surface area contributed by atoms with E-state index in [1.54, 1.807) is 6.07 Å². The predicted molar refractivity (Wildman–Crippen MR) is 78.8 cm³/mol. The molecular weight excluding hydrogens is 325 g/mol. The van der Waals surface area contributed by atoms with E-state index in [9.17, 15) is 13.2 Å². The molecule has 2 aliphatic heterocycles. The fourth-order valence-electron chi connectivity index (χ4n) is 3.25. The molecule has 0 bridgehead atoms. The molecule has 130 valence electrons. The Labute approximate surface area is 136 Å². The van der Waals surface area contributed by atoms with Gasteiger partial charge in [-0.05, 0) is 18.6 Å². The van der Waals surface area contributed by atoms with Gasteiger partial charge in [-0.3, -0.25) is 4.90 Å². The zero-order valence-electron chi connectivity index (χ0n) is 12.9. The highest BCUT2D eigenvalue weighted by Gasteiger charge is 2.38. The number of anilines is 1. The number of halogens is 3. The second-order valence-electron chi connectivity index (χ2n) is 6.02. The van der Waals surface area contributed by atoms with E-state index >= 15 is 0 Å². The lowest BCUT2D eigenvalue weighted by molar-refractivity contribution is -0.146.